The Morgan fingerprint density at radius 2 is 1.74 bits per heavy atom. The number of fused-ring (bicyclic) bond motifs is 1. The number of phenols is 1. The van der Waals surface area contributed by atoms with Crippen molar-refractivity contribution in [1.82, 2.24) is 4.98 Å². The van der Waals surface area contributed by atoms with Gasteiger partial charge in [-0.2, -0.15) is 0 Å². The van der Waals surface area contributed by atoms with Gasteiger partial charge in [0.05, 0.1) is 14.5 Å². The Bertz CT molecular complexity index is 927. The Labute approximate surface area is 147 Å². The fraction of sp³-hybridized carbons (Fsp3) is 0. The van der Waals surface area contributed by atoms with Gasteiger partial charge in [-0.1, -0.05) is 18.2 Å². The van der Waals surface area contributed by atoms with Crippen LogP contribution < -0.4 is 0 Å². The molecule has 0 bridgehead atoms. The molecule has 1 heterocycles. The fourth-order valence-corrected chi connectivity index (χ4v) is 3.24. The first-order valence-corrected chi connectivity index (χ1v) is 7.99. The third-order valence-corrected chi connectivity index (χ3v) is 4.37. The number of hydrogen-bond donors (Lipinski definition) is 3. The number of halogens is 2. The number of carbonyl (C=O) groups is 1. The summed E-state index contributed by atoms with van der Waals surface area (Å²) in [6.45, 7) is 0. The molecule has 0 unspecified atom stereocenters. The van der Waals surface area contributed by atoms with Crippen molar-refractivity contribution in [3.05, 3.63) is 50.9 Å². The summed E-state index contributed by atoms with van der Waals surface area (Å²) in [5.74, 6) is -0.764. The standard InChI is InChI=1S/C15H9Br2N3O3/c16-9-5-7(6-10(17)13(9)21)14(22)20-19-12-8-3-1-2-4-11(8)18-15(12)23/h1-6,18,21,23H. The second kappa shape index (κ2) is 6.13. The van der Waals surface area contributed by atoms with Gasteiger partial charge in [0.15, 0.2) is 5.69 Å². The number of phenolic OH excluding ortho intramolecular Hbond substituents is 1. The highest BCUT2D eigenvalue weighted by Gasteiger charge is 2.13. The number of nitrogens with zero attached hydrogens (tertiary/aromatic N) is 2. The van der Waals surface area contributed by atoms with Crippen LogP contribution in [0.15, 0.2) is 55.6 Å². The van der Waals surface area contributed by atoms with E-state index in [1.807, 2.05) is 6.07 Å². The zero-order chi connectivity index (χ0) is 16.6. The quantitative estimate of drug-likeness (QED) is 0.489. The monoisotopic (exact) mass is 437 g/mol. The third-order valence-electron chi connectivity index (χ3n) is 3.16. The number of carbonyl (C=O) groups excluding carboxylic acids is 1. The maximum Gasteiger partial charge on any atom is 0.295 e. The lowest BCUT2D eigenvalue weighted by atomic mass is 10.2. The predicted octanol–water partition coefficient (Wildman–Crippen LogP) is 5.03. The van der Waals surface area contributed by atoms with Gasteiger partial charge in [0.2, 0.25) is 5.88 Å². The highest BCUT2D eigenvalue weighted by atomic mass is 79.9. The molecule has 0 atom stereocenters. The van der Waals surface area contributed by atoms with E-state index in [4.69, 9.17) is 0 Å². The van der Waals surface area contributed by atoms with Gasteiger partial charge in [0.1, 0.15) is 5.75 Å². The van der Waals surface area contributed by atoms with Crippen LogP contribution in [0.4, 0.5) is 5.69 Å². The summed E-state index contributed by atoms with van der Waals surface area (Å²) in [4.78, 5) is 14.9. The molecule has 0 aliphatic heterocycles. The van der Waals surface area contributed by atoms with Crippen LogP contribution >= 0.6 is 31.9 Å². The minimum absolute atomic E-state index is 0.00670. The lowest BCUT2D eigenvalue weighted by Gasteiger charge is -2.02. The van der Waals surface area contributed by atoms with Crippen molar-refractivity contribution in [2.75, 3.05) is 0 Å². The molecule has 6 nitrogen and oxygen atoms in total. The van der Waals surface area contributed by atoms with Crippen molar-refractivity contribution in [3.8, 4) is 11.6 Å². The van der Waals surface area contributed by atoms with Gasteiger partial charge in [-0.15, -0.1) is 10.2 Å². The Morgan fingerprint density at radius 3 is 2.43 bits per heavy atom. The van der Waals surface area contributed by atoms with E-state index in [1.165, 1.54) is 12.1 Å². The van der Waals surface area contributed by atoms with Crippen molar-refractivity contribution in [3.63, 3.8) is 0 Å². The van der Waals surface area contributed by atoms with E-state index in [1.54, 1.807) is 18.2 Å². The summed E-state index contributed by atoms with van der Waals surface area (Å²) in [6, 6.07) is 10.0. The van der Waals surface area contributed by atoms with Crippen molar-refractivity contribution < 1.29 is 15.0 Å². The summed E-state index contributed by atoms with van der Waals surface area (Å²) in [5, 5.41) is 27.7. The Balaban J connectivity index is 1.96. The SMILES string of the molecule is O=C(N=Nc1c(O)[nH]c2ccccc12)c1cc(Br)c(O)c(Br)c1. The lowest BCUT2D eigenvalue weighted by molar-refractivity contribution is 0.0995. The number of aromatic amines is 1. The summed E-state index contributed by atoms with van der Waals surface area (Å²) in [7, 11) is 0. The largest absolute Gasteiger partial charge is 0.506 e. The maximum absolute atomic E-state index is 12.1. The van der Waals surface area contributed by atoms with Gasteiger partial charge in [-0.3, -0.25) is 4.79 Å². The van der Waals surface area contributed by atoms with E-state index in [2.05, 4.69) is 47.1 Å². The summed E-state index contributed by atoms with van der Waals surface area (Å²) < 4.78 is 0.723. The second-order valence-corrected chi connectivity index (χ2v) is 6.37. The van der Waals surface area contributed by atoms with E-state index in [9.17, 15) is 15.0 Å². The van der Waals surface area contributed by atoms with Crippen molar-refractivity contribution in [1.29, 1.82) is 0 Å². The van der Waals surface area contributed by atoms with Crippen LogP contribution in [-0.2, 0) is 0 Å². The molecule has 0 saturated heterocycles. The minimum atomic E-state index is -0.601. The van der Waals surface area contributed by atoms with Gasteiger partial charge < -0.3 is 15.2 Å². The number of para-hydroxylation sites is 1. The molecule has 0 aliphatic rings. The Kier molecular flexibility index (Phi) is 4.18. The molecule has 23 heavy (non-hydrogen) atoms. The summed E-state index contributed by atoms with van der Waals surface area (Å²) >= 11 is 6.30. The van der Waals surface area contributed by atoms with Crippen LogP contribution in [-0.4, -0.2) is 21.1 Å². The molecule has 2 aromatic carbocycles. The van der Waals surface area contributed by atoms with Crippen LogP contribution in [0, 0.1) is 0 Å². The molecule has 116 valence electrons. The molecule has 0 saturated carbocycles. The number of amides is 1. The first kappa shape index (κ1) is 15.7. The smallest absolute Gasteiger partial charge is 0.295 e. The Hall–Kier alpha value is -2.19. The molecular formula is C15H9Br2N3O3. The van der Waals surface area contributed by atoms with Gasteiger partial charge in [-0.05, 0) is 50.1 Å². The number of aromatic hydroxyl groups is 2. The topological polar surface area (TPSA) is 98.0 Å². The van der Waals surface area contributed by atoms with E-state index < -0.39 is 5.91 Å². The lowest BCUT2D eigenvalue weighted by Crippen LogP contribution is -1.94. The first-order chi connectivity index (χ1) is 11.0. The number of aromatic nitrogens is 1. The van der Waals surface area contributed by atoms with E-state index >= 15 is 0 Å². The first-order valence-electron chi connectivity index (χ1n) is 6.41. The molecule has 3 aromatic rings. The van der Waals surface area contributed by atoms with Crippen LogP contribution in [0.1, 0.15) is 10.4 Å². The molecule has 3 N–H and O–H groups in total. The third kappa shape index (κ3) is 2.99. The zero-order valence-electron chi connectivity index (χ0n) is 11.4. The summed E-state index contributed by atoms with van der Waals surface area (Å²) in [6.07, 6.45) is 0. The molecule has 1 aromatic heterocycles. The second-order valence-electron chi connectivity index (χ2n) is 4.66. The van der Waals surface area contributed by atoms with Crippen LogP contribution in [0.5, 0.6) is 11.6 Å². The average Bonchev–Trinajstić information content (AvgIpc) is 2.85. The highest BCUT2D eigenvalue weighted by molar-refractivity contribution is 9.11. The van der Waals surface area contributed by atoms with Gasteiger partial charge >= 0.3 is 0 Å². The number of nitrogens with one attached hydrogen (secondary N) is 1. The normalized spacial score (nSPS) is 11.4. The average molecular weight is 439 g/mol. The number of rotatable bonds is 2. The Morgan fingerprint density at radius 1 is 1.09 bits per heavy atom. The van der Waals surface area contributed by atoms with E-state index in [0.29, 0.717) is 19.8 Å². The molecular weight excluding hydrogens is 430 g/mol. The van der Waals surface area contributed by atoms with Crippen LogP contribution in [0.3, 0.4) is 0 Å². The molecule has 0 aliphatic carbocycles. The van der Waals surface area contributed by atoms with Gasteiger partial charge in [0.25, 0.3) is 5.91 Å². The fourth-order valence-electron chi connectivity index (χ4n) is 2.06. The molecule has 8 heteroatoms. The number of H-pyrrole nitrogens is 1. The van der Waals surface area contributed by atoms with E-state index in [0.717, 1.165) is 0 Å². The van der Waals surface area contributed by atoms with Crippen LogP contribution in [0.2, 0.25) is 0 Å². The minimum Gasteiger partial charge on any atom is -0.506 e. The van der Waals surface area contributed by atoms with Crippen molar-refractivity contribution in [2.45, 2.75) is 0 Å². The van der Waals surface area contributed by atoms with Crippen LogP contribution in [0.25, 0.3) is 10.9 Å². The van der Waals surface area contributed by atoms with Gasteiger partial charge in [0, 0.05) is 10.9 Å². The summed E-state index contributed by atoms with van der Waals surface area (Å²) in [5.41, 5.74) is 1.14. The van der Waals surface area contributed by atoms with Gasteiger partial charge in [-0.25, -0.2) is 0 Å². The zero-order valence-corrected chi connectivity index (χ0v) is 14.6. The molecule has 0 spiro atoms. The number of azo groups is 1. The highest BCUT2D eigenvalue weighted by Crippen LogP contribution is 2.36. The molecule has 0 fully saturated rings. The van der Waals surface area contributed by atoms with E-state index in [-0.39, 0.29) is 22.9 Å². The van der Waals surface area contributed by atoms with Crippen molar-refractivity contribution >= 4 is 54.4 Å². The molecule has 3 rings (SSSR count). The number of benzene rings is 2. The van der Waals surface area contributed by atoms with Crippen molar-refractivity contribution in [2.24, 2.45) is 10.2 Å². The molecule has 1 amide bonds. The maximum atomic E-state index is 12.1. The predicted molar refractivity (Wildman–Crippen MR) is 92.3 cm³/mol. The number of hydrogen-bond acceptors (Lipinski definition) is 4. The molecule has 0 radical (unpaired) electrons.